The van der Waals surface area contributed by atoms with Gasteiger partial charge in [-0.05, 0) is 29.7 Å². The third-order valence-corrected chi connectivity index (χ3v) is 6.85. The number of fused-ring (bicyclic) bond motifs is 1. The van der Waals surface area contributed by atoms with Gasteiger partial charge in [-0.1, -0.05) is 24.3 Å². The number of anilines is 2. The van der Waals surface area contributed by atoms with Crippen LogP contribution in [0.4, 0.5) is 15.8 Å². The van der Waals surface area contributed by atoms with Gasteiger partial charge in [0.2, 0.25) is 5.91 Å². The van der Waals surface area contributed by atoms with Gasteiger partial charge in [0.1, 0.15) is 24.7 Å². The van der Waals surface area contributed by atoms with Crippen molar-refractivity contribution in [2.24, 2.45) is 0 Å². The highest BCUT2D eigenvalue weighted by Crippen LogP contribution is 2.42. The number of sulfonamides is 1. The Kier molecular flexibility index (Phi) is 3.60. The van der Waals surface area contributed by atoms with E-state index in [-0.39, 0.29) is 30.3 Å². The standard InChI is InChI=1S/C20H15FN2O4S/c21-14-7-8-15-17(11-14)27-10-9-22(15)19(24)12-23-16-5-1-3-13-4-2-6-18(20(13)16)28(23,25)26/h1-8,11H,9-10,12H2. The minimum absolute atomic E-state index is 0.206. The molecule has 8 heteroatoms. The van der Waals surface area contributed by atoms with E-state index < -0.39 is 21.7 Å². The van der Waals surface area contributed by atoms with Gasteiger partial charge in [0, 0.05) is 11.5 Å². The van der Waals surface area contributed by atoms with Crippen LogP contribution in [0.3, 0.4) is 0 Å². The van der Waals surface area contributed by atoms with E-state index >= 15 is 0 Å². The zero-order chi connectivity index (χ0) is 19.5. The SMILES string of the molecule is O=C(CN1c2cccc3cccc(c23)S1(=O)=O)N1CCOc2cc(F)ccc21. The molecule has 0 spiro atoms. The van der Waals surface area contributed by atoms with Gasteiger partial charge in [0.15, 0.2) is 0 Å². The summed E-state index contributed by atoms with van der Waals surface area (Å²) in [5.41, 5.74) is 0.930. The summed E-state index contributed by atoms with van der Waals surface area (Å²) < 4.78 is 46.1. The van der Waals surface area contributed by atoms with Gasteiger partial charge in [0.05, 0.1) is 22.8 Å². The summed E-state index contributed by atoms with van der Waals surface area (Å²) in [6.07, 6.45) is 0. The molecule has 2 aliphatic heterocycles. The van der Waals surface area contributed by atoms with E-state index in [2.05, 4.69) is 0 Å². The summed E-state index contributed by atoms with van der Waals surface area (Å²) in [5, 5.41) is 1.43. The number of ether oxygens (including phenoxy) is 1. The number of nitrogens with zero attached hydrogens (tertiary/aromatic N) is 2. The Balaban J connectivity index is 1.53. The summed E-state index contributed by atoms with van der Waals surface area (Å²) in [5.74, 6) is -0.587. The molecule has 142 valence electrons. The van der Waals surface area contributed by atoms with Crippen molar-refractivity contribution in [3.8, 4) is 5.75 Å². The average Bonchev–Trinajstić information content (AvgIpc) is 2.90. The van der Waals surface area contributed by atoms with Gasteiger partial charge >= 0.3 is 0 Å². The van der Waals surface area contributed by atoms with E-state index in [1.165, 1.54) is 23.1 Å². The van der Waals surface area contributed by atoms with E-state index in [9.17, 15) is 17.6 Å². The molecule has 2 aliphatic rings. The van der Waals surface area contributed by atoms with Gasteiger partial charge in [-0.3, -0.25) is 9.10 Å². The maximum Gasteiger partial charge on any atom is 0.265 e. The lowest BCUT2D eigenvalue weighted by atomic mass is 10.1. The zero-order valence-electron chi connectivity index (χ0n) is 14.6. The largest absolute Gasteiger partial charge is 0.489 e. The highest BCUT2D eigenvalue weighted by Gasteiger charge is 2.38. The van der Waals surface area contributed by atoms with Crippen LogP contribution in [-0.2, 0) is 14.8 Å². The first-order valence-electron chi connectivity index (χ1n) is 8.74. The summed E-state index contributed by atoms with van der Waals surface area (Å²) in [4.78, 5) is 14.7. The van der Waals surface area contributed by atoms with Gasteiger partial charge in [0.25, 0.3) is 10.0 Å². The van der Waals surface area contributed by atoms with Crippen LogP contribution in [0.25, 0.3) is 10.8 Å². The second-order valence-corrected chi connectivity index (χ2v) is 8.48. The molecular weight excluding hydrogens is 383 g/mol. The average molecular weight is 398 g/mol. The molecule has 0 unspecified atom stereocenters. The van der Waals surface area contributed by atoms with Crippen LogP contribution in [0, 0.1) is 5.82 Å². The molecule has 3 aromatic rings. The van der Waals surface area contributed by atoms with E-state index in [1.807, 2.05) is 12.1 Å². The molecule has 0 radical (unpaired) electrons. The topological polar surface area (TPSA) is 66.9 Å². The molecule has 0 fully saturated rings. The fourth-order valence-corrected chi connectivity index (χ4v) is 5.45. The third kappa shape index (κ3) is 2.37. The molecule has 1 amide bonds. The Bertz CT molecular complexity index is 1240. The Morgan fingerprint density at radius 3 is 2.68 bits per heavy atom. The fraction of sp³-hybridized carbons (Fsp3) is 0.150. The summed E-state index contributed by atoms with van der Waals surface area (Å²) in [6.45, 7) is 0.139. The minimum Gasteiger partial charge on any atom is -0.489 e. The quantitative estimate of drug-likeness (QED) is 0.666. The van der Waals surface area contributed by atoms with Crippen LogP contribution >= 0.6 is 0 Å². The number of rotatable bonds is 2. The molecule has 6 nitrogen and oxygen atoms in total. The number of carbonyl (C=O) groups excluding carboxylic acids is 1. The smallest absolute Gasteiger partial charge is 0.265 e. The molecule has 3 aromatic carbocycles. The molecule has 0 aromatic heterocycles. The Morgan fingerprint density at radius 1 is 1.07 bits per heavy atom. The van der Waals surface area contributed by atoms with Crippen molar-refractivity contribution in [1.29, 1.82) is 0 Å². The number of hydrogen-bond donors (Lipinski definition) is 0. The minimum atomic E-state index is -3.82. The summed E-state index contributed by atoms with van der Waals surface area (Å²) in [7, 11) is -3.82. The van der Waals surface area contributed by atoms with Crippen molar-refractivity contribution in [1.82, 2.24) is 0 Å². The predicted octanol–water partition coefficient (Wildman–Crippen LogP) is 2.91. The lowest BCUT2D eigenvalue weighted by molar-refractivity contribution is -0.117. The maximum atomic E-state index is 13.5. The molecule has 0 N–H and O–H groups in total. The zero-order valence-corrected chi connectivity index (χ0v) is 15.4. The molecule has 0 aliphatic carbocycles. The Morgan fingerprint density at radius 2 is 1.86 bits per heavy atom. The van der Waals surface area contributed by atoms with Crippen LogP contribution in [0.5, 0.6) is 5.75 Å². The van der Waals surface area contributed by atoms with E-state index in [1.54, 1.807) is 24.3 Å². The first kappa shape index (κ1) is 17.0. The Hall–Kier alpha value is -3.13. The van der Waals surface area contributed by atoms with Crippen molar-refractivity contribution in [2.75, 3.05) is 28.9 Å². The van der Waals surface area contributed by atoms with Crippen molar-refractivity contribution >= 4 is 38.1 Å². The summed E-state index contributed by atoms with van der Waals surface area (Å²) >= 11 is 0. The highest BCUT2D eigenvalue weighted by molar-refractivity contribution is 7.93. The fourth-order valence-electron chi connectivity index (χ4n) is 3.79. The number of hydrogen-bond acceptors (Lipinski definition) is 4. The van der Waals surface area contributed by atoms with Crippen LogP contribution in [0.2, 0.25) is 0 Å². The highest BCUT2D eigenvalue weighted by atomic mass is 32.2. The predicted molar refractivity (Wildman–Crippen MR) is 103 cm³/mol. The molecule has 0 saturated carbocycles. The second kappa shape index (κ2) is 5.93. The molecule has 28 heavy (non-hydrogen) atoms. The van der Waals surface area contributed by atoms with E-state index in [0.717, 1.165) is 9.69 Å². The maximum absolute atomic E-state index is 13.5. The molecule has 0 saturated heterocycles. The monoisotopic (exact) mass is 398 g/mol. The Labute approximate surface area is 160 Å². The van der Waals surface area contributed by atoms with Crippen LogP contribution in [0.1, 0.15) is 0 Å². The van der Waals surface area contributed by atoms with Gasteiger partial charge in [-0.15, -0.1) is 0 Å². The molecule has 2 heterocycles. The molecule has 5 rings (SSSR count). The van der Waals surface area contributed by atoms with Crippen LogP contribution in [0.15, 0.2) is 59.5 Å². The lowest BCUT2D eigenvalue weighted by Gasteiger charge is -2.31. The third-order valence-electron chi connectivity index (χ3n) is 5.05. The van der Waals surface area contributed by atoms with E-state index in [0.29, 0.717) is 16.8 Å². The number of halogens is 1. The molecular formula is C20H15FN2O4S. The van der Waals surface area contributed by atoms with Crippen molar-refractivity contribution in [3.63, 3.8) is 0 Å². The van der Waals surface area contributed by atoms with Gasteiger partial charge < -0.3 is 9.64 Å². The number of carbonyl (C=O) groups is 1. The van der Waals surface area contributed by atoms with Crippen molar-refractivity contribution < 1.29 is 22.3 Å². The molecule has 0 bridgehead atoms. The lowest BCUT2D eigenvalue weighted by Crippen LogP contribution is -2.45. The van der Waals surface area contributed by atoms with Crippen LogP contribution in [-0.4, -0.2) is 34.0 Å². The normalized spacial score (nSPS) is 16.8. The number of benzene rings is 3. The first-order chi connectivity index (χ1) is 13.5. The molecule has 0 atom stereocenters. The van der Waals surface area contributed by atoms with Gasteiger partial charge in [-0.2, -0.15) is 0 Å². The van der Waals surface area contributed by atoms with Crippen LogP contribution < -0.4 is 13.9 Å². The van der Waals surface area contributed by atoms with Crippen molar-refractivity contribution in [2.45, 2.75) is 4.90 Å². The van der Waals surface area contributed by atoms with E-state index in [4.69, 9.17) is 4.74 Å². The van der Waals surface area contributed by atoms with Gasteiger partial charge in [-0.25, -0.2) is 12.8 Å². The van der Waals surface area contributed by atoms with Crippen molar-refractivity contribution in [3.05, 3.63) is 60.4 Å². The first-order valence-corrected chi connectivity index (χ1v) is 10.2. The summed E-state index contributed by atoms with van der Waals surface area (Å²) in [6, 6.07) is 14.3. The number of amides is 1. The second-order valence-electron chi connectivity index (χ2n) is 6.65.